The molecule has 170 valence electrons. The number of thioether (sulfide) groups is 1. The third-order valence-corrected chi connectivity index (χ3v) is 6.28. The van der Waals surface area contributed by atoms with Crippen LogP contribution in [0.25, 0.3) is 27.8 Å². The summed E-state index contributed by atoms with van der Waals surface area (Å²) in [5.41, 5.74) is 3.30. The second-order valence-corrected chi connectivity index (χ2v) is 8.66. The summed E-state index contributed by atoms with van der Waals surface area (Å²) in [5.74, 6) is 0.495. The van der Waals surface area contributed by atoms with E-state index < -0.39 is 0 Å². The fraction of sp³-hybridized carbons (Fsp3) is 0.115. The van der Waals surface area contributed by atoms with Crippen molar-refractivity contribution in [2.75, 3.05) is 18.2 Å². The molecule has 0 radical (unpaired) electrons. The number of nitrogens with zero attached hydrogens (tertiary/aromatic N) is 2. The number of para-hydroxylation sites is 1. The molecule has 2 heterocycles. The van der Waals surface area contributed by atoms with Crippen LogP contribution in [0.15, 0.2) is 87.2 Å². The minimum absolute atomic E-state index is 0.0663. The number of amides is 1. The summed E-state index contributed by atoms with van der Waals surface area (Å²) in [4.78, 5) is 31.0. The maximum atomic E-state index is 13.5. The summed E-state index contributed by atoms with van der Waals surface area (Å²) in [6, 6.07) is 22.1. The van der Waals surface area contributed by atoms with Crippen molar-refractivity contribution in [3.8, 4) is 11.4 Å². The number of nitrogens with one attached hydrogen (secondary N) is 1. The normalized spacial score (nSPS) is 11.1. The first-order chi connectivity index (χ1) is 16.5. The van der Waals surface area contributed by atoms with Crippen molar-refractivity contribution in [1.29, 1.82) is 0 Å². The molecule has 0 spiro atoms. The molecule has 5 aromatic rings. The van der Waals surface area contributed by atoms with Crippen molar-refractivity contribution in [2.45, 2.75) is 12.1 Å². The summed E-state index contributed by atoms with van der Waals surface area (Å²) < 4.78 is 12.6. The number of anilines is 1. The molecule has 1 N–H and O–H groups in total. The molecular weight excluding hydrogens is 450 g/mol. The molecule has 5 rings (SSSR count). The quantitative estimate of drug-likeness (QED) is 0.271. The zero-order valence-corrected chi connectivity index (χ0v) is 19.4. The van der Waals surface area contributed by atoms with Gasteiger partial charge < -0.3 is 14.5 Å². The maximum Gasteiger partial charge on any atom is 0.302 e. The average molecular weight is 472 g/mol. The lowest BCUT2D eigenvalue weighted by Gasteiger charge is -2.12. The Morgan fingerprint density at radius 2 is 1.88 bits per heavy atom. The minimum atomic E-state index is -0.319. The van der Waals surface area contributed by atoms with Gasteiger partial charge >= 0.3 is 5.56 Å². The van der Waals surface area contributed by atoms with E-state index in [1.165, 1.54) is 16.3 Å². The Labute approximate surface area is 199 Å². The van der Waals surface area contributed by atoms with Crippen molar-refractivity contribution >= 4 is 45.4 Å². The zero-order chi connectivity index (χ0) is 23.7. The molecule has 0 bridgehead atoms. The summed E-state index contributed by atoms with van der Waals surface area (Å²) >= 11 is 1.19. The topological polar surface area (TPSA) is 86.4 Å². The first-order valence-electron chi connectivity index (χ1n) is 10.6. The lowest BCUT2D eigenvalue weighted by atomic mass is 10.2. The summed E-state index contributed by atoms with van der Waals surface area (Å²) in [6.07, 6.45) is 0. The van der Waals surface area contributed by atoms with E-state index >= 15 is 0 Å². The van der Waals surface area contributed by atoms with Crippen LogP contribution in [0.1, 0.15) is 5.56 Å². The van der Waals surface area contributed by atoms with Crippen LogP contribution in [0.4, 0.5) is 5.69 Å². The molecule has 0 aliphatic carbocycles. The molecule has 0 fully saturated rings. The van der Waals surface area contributed by atoms with Gasteiger partial charge in [-0.05, 0) is 43.3 Å². The van der Waals surface area contributed by atoms with Gasteiger partial charge in [0, 0.05) is 17.1 Å². The summed E-state index contributed by atoms with van der Waals surface area (Å²) in [6.45, 7) is 1.98. The number of carbonyl (C=O) groups excluding carboxylic acids is 1. The van der Waals surface area contributed by atoms with E-state index in [4.69, 9.17) is 14.1 Å². The van der Waals surface area contributed by atoms with Crippen molar-refractivity contribution in [3.05, 3.63) is 88.7 Å². The Balaban J connectivity index is 1.53. The molecule has 0 aliphatic rings. The van der Waals surface area contributed by atoms with Gasteiger partial charge in [0.1, 0.15) is 16.8 Å². The molecule has 7 nitrogen and oxygen atoms in total. The number of aryl methyl sites for hydroxylation is 1. The van der Waals surface area contributed by atoms with E-state index in [0.717, 1.165) is 10.9 Å². The van der Waals surface area contributed by atoms with E-state index in [9.17, 15) is 9.59 Å². The largest absolute Gasteiger partial charge is 0.497 e. The van der Waals surface area contributed by atoms with Crippen molar-refractivity contribution in [3.63, 3.8) is 0 Å². The minimum Gasteiger partial charge on any atom is -0.497 e. The van der Waals surface area contributed by atoms with Crippen molar-refractivity contribution in [2.24, 2.45) is 0 Å². The van der Waals surface area contributed by atoms with E-state index in [2.05, 4.69) is 5.32 Å². The Hall–Kier alpha value is -4.04. The molecule has 2 aromatic heterocycles. The number of carbonyl (C=O) groups is 1. The molecule has 8 heteroatoms. The van der Waals surface area contributed by atoms with Gasteiger partial charge in [0.2, 0.25) is 11.5 Å². The molecule has 0 atom stereocenters. The smallest absolute Gasteiger partial charge is 0.302 e. The van der Waals surface area contributed by atoms with Gasteiger partial charge in [-0.15, -0.1) is 0 Å². The number of fused-ring (bicyclic) bond motifs is 3. The number of hydrogen-bond acceptors (Lipinski definition) is 6. The van der Waals surface area contributed by atoms with Gasteiger partial charge in [0.15, 0.2) is 5.16 Å². The molecule has 1 amide bonds. The third kappa shape index (κ3) is 4.15. The Kier molecular flexibility index (Phi) is 5.81. The predicted molar refractivity (Wildman–Crippen MR) is 134 cm³/mol. The zero-order valence-electron chi connectivity index (χ0n) is 18.6. The van der Waals surface area contributed by atoms with E-state index in [0.29, 0.717) is 33.4 Å². The van der Waals surface area contributed by atoms with Gasteiger partial charge in [-0.2, -0.15) is 0 Å². The number of aromatic nitrogens is 2. The molecule has 0 saturated heterocycles. The fourth-order valence-electron chi connectivity index (χ4n) is 3.67. The van der Waals surface area contributed by atoms with Gasteiger partial charge in [0.25, 0.3) is 0 Å². The number of hydrogen-bond donors (Lipinski definition) is 1. The molecule has 0 unspecified atom stereocenters. The predicted octanol–water partition coefficient (Wildman–Crippen LogP) is 5.18. The first-order valence-corrected chi connectivity index (χ1v) is 11.6. The Morgan fingerprint density at radius 3 is 2.68 bits per heavy atom. The van der Waals surface area contributed by atoms with Crippen LogP contribution in [-0.2, 0) is 4.79 Å². The highest BCUT2D eigenvalue weighted by molar-refractivity contribution is 7.99. The highest BCUT2D eigenvalue weighted by Crippen LogP contribution is 2.28. The van der Waals surface area contributed by atoms with Crippen LogP contribution in [-0.4, -0.2) is 28.3 Å². The van der Waals surface area contributed by atoms with Crippen molar-refractivity contribution < 1.29 is 13.9 Å². The van der Waals surface area contributed by atoms with Gasteiger partial charge in [-0.1, -0.05) is 47.7 Å². The van der Waals surface area contributed by atoms with Crippen LogP contribution in [0.5, 0.6) is 5.75 Å². The van der Waals surface area contributed by atoms with E-state index in [1.54, 1.807) is 37.4 Å². The number of furan rings is 1. The van der Waals surface area contributed by atoms with Crippen LogP contribution in [0.2, 0.25) is 0 Å². The molecule has 0 saturated carbocycles. The van der Waals surface area contributed by atoms with Gasteiger partial charge in [0.05, 0.1) is 18.6 Å². The SMILES string of the molecule is COc1cccc(NC(=O)CSc2nc3c(oc4ccccc43)c(=O)n2-c2ccc(C)cc2)c1. The Bertz CT molecular complexity index is 1570. The number of methoxy groups -OCH3 is 1. The van der Waals surface area contributed by atoms with Crippen LogP contribution >= 0.6 is 11.8 Å². The maximum absolute atomic E-state index is 13.5. The molecule has 3 aromatic carbocycles. The van der Waals surface area contributed by atoms with Gasteiger partial charge in [-0.25, -0.2) is 4.98 Å². The Morgan fingerprint density at radius 1 is 1.09 bits per heavy atom. The second-order valence-electron chi connectivity index (χ2n) is 7.72. The molecule has 0 aliphatic heterocycles. The highest BCUT2D eigenvalue weighted by Gasteiger charge is 2.19. The average Bonchev–Trinajstić information content (AvgIpc) is 3.23. The standard InChI is InChI=1S/C26H21N3O4S/c1-16-10-12-18(13-11-16)29-25(31)24-23(20-8-3-4-9-21(20)33-24)28-26(29)34-15-22(30)27-17-6-5-7-19(14-17)32-2/h3-14H,15H2,1-2H3,(H,27,30). The second kappa shape index (κ2) is 9.07. The number of rotatable bonds is 6. The lowest BCUT2D eigenvalue weighted by Crippen LogP contribution is -2.22. The lowest BCUT2D eigenvalue weighted by molar-refractivity contribution is -0.113. The summed E-state index contributed by atoms with van der Waals surface area (Å²) in [5, 5.41) is 4.03. The number of benzene rings is 3. The van der Waals surface area contributed by atoms with Crippen LogP contribution in [0.3, 0.4) is 0 Å². The molecular formula is C26H21N3O4S. The fourth-order valence-corrected chi connectivity index (χ4v) is 4.47. The first kappa shape index (κ1) is 21.8. The van der Waals surface area contributed by atoms with Crippen LogP contribution in [0, 0.1) is 6.92 Å². The monoisotopic (exact) mass is 471 g/mol. The van der Waals surface area contributed by atoms with Crippen molar-refractivity contribution in [1.82, 2.24) is 9.55 Å². The van der Waals surface area contributed by atoms with E-state index in [-0.39, 0.29) is 22.8 Å². The van der Waals surface area contributed by atoms with E-state index in [1.807, 2.05) is 49.4 Å². The van der Waals surface area contributed by atoms with Crippen LogP contribution < -0.4 is 15.6 Å². The van der Waals surface area contributed by atoms with Gasteiger partial charge in [-0.3, -0.25) is 14.2 Å². The summed E-state index contributed by atoms with van der Waals surface area (Å²) in [7, 11) is 1.57. The highest BCUT2D eigenvalue weighted by atomic mass is 32.2. The third-order valence-electron chi connectivity index (χ3n) is 5.34. The molecule has 34 heavy (non-hydrogen) atoms. The number of ether oxygens (including phenoxy) is 1.